The van der Waals surface area contributed by atoms with Gasteiger partial charge in [-0.25, -0.2) is 4.79 Å². The first-order valence-electron chi connectivity index (χ1n) is 4.73. The van der Waals surface area contributed by atoms with Crippen molar-refractivity contribution in [3.05, 3.63) is 0 Å². The van der Waals surface area contributed by atoms with Crippen molar-refractivity contribution in [1.29, 1.82) is 0 Å². The van der Waals surface area contributed by atoms with Gasteiger partial charge in [0.2, 0.25) is 5.91 Å². The molecule has 7 nitrogen and oxygen atoms in total. The van der Waals surface area contributed by atoms with Crippen LogP contribution in [0.25, 0.3) is 0 Å². The molecule has 0 heterocycles. The first-order chi connectivity index (χ1) is 7.25. The summed E-state index contributed by atoms with van der Waals surface area (Å²) in [6.45, 7) is 1.39. The smallest absolute Gasteiger partial charge is 0.319 e. The van der Waals surface area contributed by atoms with Crippen LogP contribution in [0.1, 0.15) is 6.92 Å². The lowest BCUT2D eigenvalue weighted by Crippen LogP contribution is -2.44. The van der Waals surface area contributed by atoms with Gasteiger partial charge in [-0.3, -0.25) is 9.59 Å². The number of primary amides is 1. The second-order valence-electron chi connectivity index (χ2n) is 3.72. The van der Waals surface area contributed by atoms with E-state index in [1.807, 2.05) is 0 Å². The van der Waals surface area contributed by atoms with E-state index < -0.39 is 23.8 Å². The Hall–Kier alpha value is -1.79. The zero-order valence-electron chi connectivity index (χ0n) is 9.64. The highest BCUT2D eigenvalue weighted by Gasteiger charge is 2.20. The summed E-state index contributed by atoms with van der Waals surface area (Å²) in [6, 6.07) is -0.438. The maximum absolute atomic E-state index is 11.6. The molecule has 0 bridgehead atoms. The lowest BCUT2D eigenvalue weighted by Gasteiger charge is -2.25. The number of carbonyl (C=O) groups is 3. The molecule has 1 unspecified atom stereocenters. The van der Waals surface area contributed by atoms with E-state index in [-0.39, 0.29) is 13.1 Å². The molecule has 16 heavy (non-hydrogen) atoms. The minimum atomic E-state index is -0.975. The molecule has 0 aliphatic heterocycles. The van der Waals surface area contributed by atoms with E-state index in [1.54, 1.807) is 0 Å². The topological polar surface area (TPSA) is 104 Å². The lowest BCUT2D eigenvalue weighted by atomic mass is 10.2. The van der Waals surface area contributed by atoms with Crippen molar-refractivity contribution in [3.8, 4) is 0 Å². The summed E-state index contributed by atoms with van der Waals surface area (Å²) in [5.41, 5.74) is 4.94. The van der Waals surface area contributed by atoms with E-state index in [4.69, 9.17) is 10.8 Å². The van der Waals surface area contributed by atoms with Crippen LogP contribution in [0.2, 0.25) is 0 Å². The quantitative estimate of drug-likeness (QED) is 0.644. The highest BCUT2D eigenvalue weighted by Crippen LogP contribution is 2.01. The molecule has 0 aromatic rings. The Labute approximate surface area is 93.8 Å². The van der Waals surface area contributed by atoms with Gasteiger partial charge in [0.15, 0.2) is 0 Å². The molecule has 0 fully saturated rings. The Bertz CT molecular complexity index is 292. The van der Waals surface area contributed by atoms with Gasteiger partial charge in [-0.2, -0.15) is 0 Å². The van der Waals surface area contributed by atoms with Gasteiger partial charge in [0.1, 0.15) is 6.54 Å². The molecule has 0 rings (SSSR count). The summed E-state index contributed by atoms with van der Waals surface area (Å²) in [7, 11) is 2.90. The van der Waals surface area contributed by atoms with Crippen LogP contribution in [0.4, 0.5) is 4.79 Å². The van der Waals surface area contributed by atoms with Crippen molar-refractivity contribution in [2.45, 2.75) is 6.92 Å². The monoisotopic (exact) mass is 231 g/mol. The molecule has 0 radical (unpaired) electrons. The van der Waals surface area contributed by atoms with Crippen LogP contribution in [0, 0.1) is 5.92 Å². The second kappa shape index (κ2) is 5.94. The zero-order chi connectivity index (χ0) is 12.9. The molecular formula is C9H17N3O4. The standard InChI is InChI=1S/C9H17N3O4/c1-6(8(14)15)4-11(2)9(16)12(3)5-7(10)13/h6H,4-5H2,1-3H3,(H2,10,13)(H,14,15). The first kappa shape index (κ1) is 14.2. The van der Waals surface area contributed by atoms with Gasteiger partial charge in [0, 0.05) is 20.6 Å². The lowest BCUT2D eigenvalue weighted by molar-refractivity contribution is -0.141. The SMILES string of the molecule is CC(CN(C)C(=O)N(C)CC(N)=O)C(=O)O. The predicted molar refractivity (Wildman–Crippen MR) is 56.7 cm³/mol. The number of carbonyl (C=O) groups excluding carboxylic acids is 2. The molecule has 0 aromatic heterocycles. The average Bonchev–Trinajstić information content (AvgIpc) is 2.14. The van der Waals surface area contributed by atoms with E-state index in [2.05, 4.69) is 0 Å². The van der Waals surface area contributed by atoms with Crippen LogP contribution in [0.15, 0.2) is 0 Å². The third-order valence-electron chi connectivity index (χ3n) is 2.02. The summed E-state index contributed by atoms with van der Waals surface area (Å²) in [6.07, 6.45) is 0. The van der Waals surface area contributed by atoms with E-state index in [0.29, 0.717) is 0 Å². The molecule has 7 heteroatoms. The van der Waals surface area contributed by atoms with Crippen LogP contribution in [-0.2, 0) is 9.59 Å². The summed E-state index contributed by atoms with van der Waals surface area (Å²) in [5.74, 6) is -2.25. The van der Waals surface area contributed by atoms with Gasteiger partial charge in [-0.05, 0) is 0 Å². The molecule has 0 aliphatic rings. The number of urea groups is 1. The van der Waals surface area contributed by atoms with Crippen molar-refractivity contribution >= 4 is 17.9 Å². The Balaban J connectivity index is 4.27. The minimum absolute atomic E-state index is 0.0806. The fourth-order valence-corrected chi connectivity index (χ4v) is 1.16. The molecule has 3 N–H and O–H groups in total. The first-order valence-corrected chi connectivity index (χ1v) is 4.73. The van der Waals surface area contributed by atoms with E-state index in [1.165, 1.54) is 25.9 Å². The number of carboxylic acid groups (broad SMARTS) is 1. The molecule has 1 atom stereocenters. The Morgan fingerprint density at radius 3 is 2.12 bits per heavy atom. The number of carboxylic acids is 1. The van der Waals surface area contributed by atoms with Gasteiger partial charge in [-0.1, -0.05) is 6.92 Å². The third-order valence-corrected chi connectivity index (χ3v) is 2.02. The number of likely N-dealkylation sites (N-methyl/N-ethyl adjacent to an activating group) is 1. The predicted octanol–water partition coefficient (Wildman–Crippen LogP) is -0.824. The van der Waals surface area contributed by atoms with E-state index in [0.717, 1.165) is 4.90 Å². The van der Waals surface area contributed by atoms with Gasteiger partial charge in [0.25, 0.3) is 0 Å². The van der Waals surface area contributed by atoms with Gasteiger partial charge < -0.3 is 20.6 Å². The second-order valence-corrected chi connectivity index (χ2v) is 3.72. The van der Waals surface area contributed by atoms with Gasteiger partial charge in [0.05, 0.1) is 5.92 Å². The van der Waals surface area contributed by atoms with E-state index in [9.17, 15) is 14.4 Å². The summed E-state index contributed by atoms with van der Waals surface area (Å²) in [4.78, 5) is 35.1. The number of aliphatic carboxylic acids is 1. The largest absolute Gasteiger partial charge is 0.481 e. The molecule has 0 saturated carbocycles. The van der Waals surface area contributed by atoms with Gasteiger partial charge >= 0.3 is 12.0 Å². The molecule has 92 valence electrons. The van der Waals surface area contributed by atoms with Crippen LogP contribution >= 0.6 is 0 Å². The highest BCUT2D eigenvalue weighted by molar-refractivity contribution is 5.83. The Kier molecular flexibility index (Phi) is 5.27. The van der Waals surface area contributed by atoms with Crippen LogP contribution in [0.5, 0.6) is 0 Å². The molecule has 0 aromatic carbocycles. The summed E-state index contributed by atoms with van der Waals surface area (Å²) in [5, 5.41) is 8.67. The molecule has 0 aliphatic carbocycles. The number of hydrogen-bond acceptors (Lipinski definition) is 3. The summed E-state index contributed by atoms with van der Waals surface area (Å²) < 4.78 is 0. The number of hydrogen-bond donors (Lipinski definition) is 2. The maximum Gasteiger partial charge on any atom is 0.319 e. The number of nitrogens with two attached hydrogens (primary N) is 1. The van der Waals surface area contributed by atoms with Crippen molar-refractivity contribution in [3.63, 3.8) is 0 Å². The van der Waals surface area contributed by atoms with Crippen molar-refractivity contribution in [2.24, 2.45) is 11.7 Å². The molecular weight excluding hydrogens is 214 g/mol. The zero-order valence-corrected chi connectivity index (χ0v) is 9.64. The third kappa shape index (κ3) is 4.63. The number of nitrogens with zero attached hydrogens (tertiary/aromatic N) is 2. The molecule has 0 saturated heterocycles. The number of amides is 3. The fraction of sp³-hybridized carbons (Fsp3) is 0.667. The van der Waals surface area contributed by atoms with Crippen LogP contribution in [-0.4, -0.2) is 60.0 Å². The van der Waals surface area contributed by atoms with Gasteiger partial charge in [-0.15, -0.1) is 0 Å². The molecule has 3 amide bonds. The maximum atomic E-state index is 11.6. The van der Waals surface area contributed by atoms with Crippen molar-refractivity contribution in [1.82, 2.24) is 9.80 Å². The van der Waals surface area contributed by atoms with Crippen molar-refractivity contribution < 1.29 is 19.5 Å². The Morgan fingerprint density at radius 1 is 1.25 bits per heavy atom. The average molecular weight is 231 g/mol. The number of rotatable bonds is 5. The highest BCUT2D eigenvalue weighted by atomic mass is 16.4. The van der Waals surface area contributed by atoms with E-state index >= 15 is 0 Å². The minimum Gasteiger partial charge on any atom is -0.481 e. The van der Waals surface area contributed by atoms with Crippen LogP contribution < -0.4 is 5.73 Å². The summed E-state index contributed by atoms with van der Waals surface area (Å²) >= 11 is 0. The molecule has 0 spiro atoms. The normalized spacial score (nSPS) is 11.7. The van der Waals surface area contributed by atoms with Crippen molar-refractivity contribution in [2.75, 3.05) is 27.2 Å². The Morgan fingerprint density at radius 2 is 1.75 bits per heavy atom. The van der Waals surface area contributed by atoms with Crippen LogP contribution in [0.3, 0.4) is 0 Å². The fourth-order valence-electron chi connectivity index (χ4n) is 1.16.